The second-order valence-corrected chi connectivity index (χ2v) is 4.52. The molecule has 0 bridgehead atoms. The lowest BCUT2D eigenvalue weighted by molar-refractivity contribution is -0.119. The summed E-state index contributed by atoms with van der Waals surface area (Å²) in [5.41, 5.74) is 0.396. The molecule has 98 valence electrons. The maximum atomic E-state index is 13.0. The minimum absolute atomic E-state index is 0.0121. The number of rotatable bonds is 4. The average Bonchev–Trinajstić information content (AvgIpc) is 2.28. The van der Waals surface area contributed by atoms with Crippen molar-refractivity contribution in [2.24, 2.45) is 0 Å². The number of carbonyl (C=O) groups excluding carboxylic acids is 1. The van der Waals surface area contributed by atoms with E-state index in [9.17, 15) is 13.6 Å². The Kier molecular flexibility index (Phi) is 4.38. The van der Waals surface area contributed by atoms with Crippen molar-refractivity contribution in [3.8, 4) is 0 Å². The second-order valence-electron chi connectivity index (χ2n) is 4.52. The topological polar surface area (TPSA) is 32.3 Å². The van der Waals surface area contributed by atoms with Gasteiger partial charge < -0.3 is 5.32 Å². The molecule has 0 aromatic heterocycles. The van der Waals surface area contributed by atoms with Crippen LogP contribution in [0.25, 0.3) is 0 Å². The molecule has 18 heavy (non-hydrogen) atoms. The first-order valence-electron chi connectivity index (χ1n) is 6.03. The van der Waals surface area contributed by atoms with E-state index in [0.29, 0.717) is 12.1 Å². The van der Waals surface area contributed by atoms with E-state index >= 15 is 0 Å². The third-order valence-electron chi connectivity index (χ3n) is 2.93. The number of piperazine rings is 1. The van der Waals surface area contributed by atoms with Gasteiger partial charge in [-0.05, 0) is 17.7 Å². The fourth-order valence-corrected chi connectivity index (χ4v) is 2.12. The molecule has 0 saturated carbocycles. The van der Waals surface area contributed by atoms with Crippen LogP contribution in [0.3, 0.4) is 0 Å². The number of nitrogens with one attached hydrogen (secondary N) is 1. The molecule has 1 aromatic carbocycles. The number of carbonyl (C=O) groups is 1. The van der Waals surface area contributed by atoms with E-state index in [0.717, 1.165) is 32.2 Å². The molecule has 3 nitrogen and oxygen atoms in total. The molecule has 0 unspecified atom stereocenters. The SMILES string of the molecule is O=C(Cc1cc(F)cc(F)c1)CN1CCNCC1. The lowest BCUT2D eigenvalue weighted by Gasteiger charge is -2.26. The molecule has 1 N–H and O–H groups in total. The fraction of sp³-hybridized carbons (Fsp3) is 0.462. The van der Waals surface area contributed by atoms with Crippen LogP contribution in [-0.4, -0.2) is 43.4 Å². The van der Waals surface area contributed by atoms with Crippen molar-refractivity contribution in [2.75, 3.05) is 32.7 Å². The summed E-state index contributed by atoms with van der Waals surface area (Å²) in [6.07, 6.45) is 0.0820. The summed E-state index contributed by atoms with van der Waals surface area (Å²) in [5.74, 6) is -1.29. The molecule has 1 aromatic rings. The van der Waals surface area contributed by atoms with Crippen molar-refractivity contribution >= 4 is 5.78 Å². The van der Waals surface area contributed by atoms with Crippen molar-refractivity contribution in [1.29, 1.82) is 0 Å². The van der Waals surface area contributed by atoms with Gasteiger partial charge in [-0.1, -0.05) is 0 Å². The van der Waals surface area contributed by atoms with Crippen molar-refractivity contribution < 1.29 is 13.6 Å². The zero-order valence-corrected chi connectivity index (χ0v) is 10.1. The summed E-state index contributed by atoms with van der Waals surface area (Å²) in [4.78, 5) is 13.8. The quantitative estimate of drug-likeness (QED) is 0.869. The van der Waals surface area contributed by atoms with E-state index in [1.165, 1.54) is 12.1 Å². The van der Waals surface area contributed by atoms with Crippen LogP contribution < -0.4 is 5.32 Å². The van der Waals surface area contributed by atoms with Crippen LogP contribution in [0.1, 0.15) is 5.56 Å². The average molecular weight is 254 g/mol. The molecular weight excluding hydrogens is 238 g/mol. The molecular formula is C13H16F2N2O. The molecule has 0 spiro atoms. The first-order valence-corrected chi connectivity index (χ1v) is 6.03. The van der Waals surface area contributed by atoms with E-state index in [-0.39, 0.29) is 12.2 Å². The van der Waals surface area contributed by atoms with Crippen LogP contribution in [0, 0.1) is 11.6 Å². The minimum Gasteiger partial charge on any atom is -0.314 e. The summed E-state index contributed by atoms with van der Waals surface area (Å²) in [7, 11) is 0. The molecule has 1 fully saturated rings. The highest BCUT2D eigenvalue weighted by molar-refractivity contribution is 5.82. The van der Waals surface area contributed by atoms with Crippen LogP contribution in [0.2, 0.25) is 0 Å². The van der Waals surface area contributed by atoms with Gasteiger partial charge in [0.05, 0.1) is 6.54 Å². The standard InChI is InChI=1S/C13H16F2N2O/c14-11-5-10(6-12(15)8-11)7-13(18)9-17-3-1-16-2-4-17/h5-6,8,16H,1-4,7,9H2. The van der Waals surface area contributed by atoms with Crippen molar-refractivity contribution in [1.82, 2.24) is 10.2 Å². The lowest BCUT2D eigenvalue weighted by Crippen LogP contribution is -2.45. The van der Waals surface area contributed by atoms with E-state index < -0.39 is 11.6 Å². The third-order valence-corrected chi connectivity index (χ3v) is 2.93. The first kappa shape index (κ1) is 13.1. The molecule has 1 aliphatic heterocycles. The molecule has 0 aliphatic carbocycles. The van der Waals surface area contributed by atoms with Crippen molar-refractivity contribution in [3.63, 3.8) is 0 Å². The van der Waals surface area contributed by atoms with Gasteiger partial charge in [-0.25, -0.2) is 8.78 Å². The van der Waals surface area contributed by atoms with Crippen molar-refractivity contribution in [2.45, 2.75) is 6.42 Å². The molecule has 5 heteroatoms. The van der Waals surface area contributed by atoms with Crippen LogP contribution >= 0.6 is 0 Å². The summed E-state index contributed by atoms with van der Waals surface area (Å²) >= 11 is 0. The lowest BCUT2D eigenvalue weighted by atomic mass is 10.1. The second kappa shape index (κ2) is 6.02. The van der Waals surface area contributed by atoms with Crippen LogP contribution in [0.5, 0.6) is 0 Å². The van der Waals surface area contributed by atoms with Crippen LogP contribution in [-0.2, 0) is 11.2 Å². The summed E-state index contributed by atoms with van der Waals surface area (Å²) in [5, 5.41) is 3.20. The Balaban J connectivity index is 1.89. The van der Waals surface area contributed by atoms with E-state index in [1.54, 1.807) is 0 Å². The van der Waals surface area contributed by atoms with Gasteiger partial charge in [0.15, 0.2) is 5.78 Å². The van der Waals surface area contributed by atoms with Gasteiger partial charge in [0.1, 0.15) is 11.6 Å². The Hall–Kier alpha value is -1.33. The molecule has 0 atom stereocenters. The Morgan fingerprint density at radius 1 is 1.17 bits per heavy atom. The zero-order valence-electron chi connectivity index (χ0n) is 10.1. The Labute approximate surface area is 105 Å². The Morgan fingerprint density at radius 3 is 2.39 bits per heavy atom. The third kappa shape index (κ3) is 3.85. The summed E-state index contributed by atoms with van der Waals surface area (Å²) in [6, 6.07) is 3.22. The molecule has 0 amide bonds. The van der Waals surface area contributed by atoms with Gasteiger partial charge in [0, 0.05) is 38.7 Å². The highest BCUT2D eigenvalue weighted by atomic mass is 19.1. The summed E-state index contributed by atoms with van der Waals surface area (Å²) < 4.78 is 25.9. The zero-order chi connectivity index (χ0) is 13.0. The highest BCUT2D eigenvalue weighted by Gasteiger charge is 2.14. The Morgan fingerprint density at radius 2 is 1.78 bits per heavy atom. The van der Waals surface area contributed by atoms with E-state index in [1.807, 2.05) is 0 Å². The number of benzene rings is 1. The largest absolute Gasteiger partial charge is 0.314 e. The van der Waals surface area contributed by atoms with Gasteiger partial charge >= 0.3 is 0 Å². The van der Waals surface area contributed by atoms with Gasteiger partial charge in [-0.3, -0.25) is 9.69 Å². The maximum absolute atomic E-state index is 13.0. The van der Waals surface area contributed by atoms with Gasteiger partial charge in [0.25, 0.3) is 0 Å². The predicted molar refractivity (Wildman–Crippen MR) is 64.4 cm³/mol. The number of Topliss-reactive ketones (excluding diaryl/α,β-unsaturated/α-hetero) is 1. The number of ketones is 1. The van der Waals surface area contributed by atoms with Gasteiger partial charge in [0.2, 0.25) is 0 Å². The van der Waals surface area contributed by atoms with E-state index in [4.69, 9.17) is 0 Å². The number of halogens is 2. The number of hydrogen-bond acceptors (Lipinski definition) is 3. The molecule has 1 heterocycles. The van der Waals surface area contributed by atoms with Crippen LogP contribution in [0.15, 0.2) is 18.2 Å². The molecule has 2 rings (SSSR count). The van der Waals surface area contributed by atoms with Crippen molar-refractivity contribution in [3.05, 3.63) is 35.4 Å². The minimum atomic E-state index is -0.639. The summed E-state index contributed by atoms with van der Waals surface area (Å²) in [6.45, 7) is 3.77. The molecule has 0 radical (unpaired) electrons. The molecule has 1 saturated heterocycles. The smallest absolute Gasteiger partial charge is 0.151 e. The Bertz CT molecular complexity index is 411. The van der Waals surface area contributed by atoms with Crippen LogP contribution in [0.4, 0.5) is 8.78 Å². The predicted octanol–water partition coefficient (Wildman–Crippen LogP) is 0.982. The fourth-order valence-electron chi connectivity index (χ4n) is 2.12. The number of hydrogen-bond donors (Lipinski definition) is 1. The van der Waals surface area contributed by atoms with E-state index in [2.05, 4.69) is 10.2 Å². The normalized spacial score (nSPS) is 16.8. The van der Waals surface area contributed by atoms with Gasteiger partial charge in [-0.15, -0.1) is 0 Å². The monoisotopic (exact) mass is 254 g/mol. The molecule has 1 aliphatic rings. The highest BCUT2D eigenvalue weighted by Crippen LogP contribution is 2.09. The maximum Gasteiger partial charge on any atom is 0.151 e. The first-order chi connectivity index (χ1) is 8.63. The number of nitrogens with zero attached hydrogens (tertiary/aromatic N) is 1. The van der Waals surface area contributed by atoms with Gasteiger partial charge in [-0.2, -0.15) is 0 Å².